The fraction of sp³-hybridized carbons (Fsp3) is 0.231. The number of oxazole rings is 1. The fourth-order valence-corrected chi connectivity index (χ4v) is 3.06. The summed E-state index contributed by atoms with van der Waals surface area (Å²) in [6, 6.07) is 3.30. The lowest BCUT2D eigenvalue weighted by Crippen LogP contribution is -2.10. The Balaban J connectivity index is 1.96. The number of nitrogens with zero attached hydrogens (tertiary/aromatic N) is 1. The minimum atomic E-state index is -1.16. The molecular weight excluding hydrogens is 300 g/mol. The molecule has 104 valence electrons. The molecule has 1 aromatic heterocycles. The monoisotopic (exact) mass is 310 g/mol. The third kappa shape index (κ3) is 2.19. The highest BCUT2D eigenvalue weighted by molar-refractivity contribution is 7.99. The van der Waals surface area contributed by atoms with Crippen LogP contribution in [0.2, 0.25) is 5.02 Å². The van der Waals surface area contributed by atoms with Gasteiger partial charge in [-0.15, -0.1) is 0 Å². The van der Waals surface area contributed by atoms with Crippen LogP contribution < -0.4 is 5.32 Å². The summed E-state index contributed by atoms with van der Waals surface area (Å²) in [4.78, 5) is 16.4. The lowest BCUT2D eigenvalue weighted by molar-refractivity contribution is -0.123. The molecule has 1 atom stereocenters. The molecule has 2 heterocycles. The van der Waals surface area contributed by atoms with E-state index in [-0.39, 0.29) is 0 Å². The Labute approximate surface area is 124 Å². The summed E-state index contributed by atoms with van der Waals surface area (Å²) in [5, 5.41) is 13.2. The molecule has 5 nitrogen and oxygen atoms in total. The normalized spacial score (nSPS) is 17.2. The van der Waals surface area contributed by atoms with Crippen molar-refractivity contribution in [2.24, 2.45) is 0 Å². The molecular formula is C13H11ClN2O3S. The van der Waals surface area contributed by atoms with Crippen molar-refractivity contribution in [3.8, 4) is 0 Å². The van der Waals surface area contributed by atoms with Gasteiger partial charge < -0.3 is 14.8 Å². The zero-order valence-electron chi connectivity index (χ0n) is 10.7. The number of nitrogens with one attached hydrogen (secondary N) is 1. The molecule has 1 aliphatic heterocycles. The van der Waals surface area contributed by atoms with Crippen LogP contribution in [0.25, 0.3) is 0 Å². The molecule has 7 heteroatoms. The summed E-state index contributed by atoms with van der Waals surface area (Å²) in [7, 11) is 0. The predicted octanol–water partition coefficient (Wildman–Crippen LogP) is 3.08. The zero-order valence-corrected chi connectivity index (χ0v) is 12.3. The topological polar surface area (TPSA) is 75.4 Å². The molecule has 20 heavy (non-hydrogen) atoms. The van der Waals surface area contributed by atoms with Crippen LogP contribution in [0.3, 0.4) is 0 Å². The third-order valence-corrected chi connectivity index (χ3v) is 4.44. The predicted molar refractivity (Wildman–Crippen MR) is 75.1 cm³/mol. The van der Waals surface area contributed by atoms with E-state index in [1.807, 2.05) is 13.8 Å². The van der Waals surface area contributed by atoms with Crippen molar-refractivity contribution in [1.82, 2.24) is 4.98 Å². The number of benzene rings is 1. The lowest BCUT2D eigenvalue weighted by atomic mass is 10.1. The van der Waals surface area contributed by atoms with Gasteiger partial charge >= 0.3 is 0 Å². The second-order valence-electron chi connectivity index (χ2n) is 4.49. The molecule has 1 unspecified atom stereocenters. The smallest absolute Gasteiger partial charge is 0.261 e. The molecule has 2 aromatic rings. The van der Waals surface area contributed by atoms with Gasteiger partial charge in [0.05, 0.1) is 10.7 Å². The van der Waals surface area contributed by atoms with E-state index in [1.165, 1.54) is 11.8 Å². The number of carbonyl (C=O) groups excluding carboxylic acids is 1. The molecule has 2 N–H and O–H groups in total. The molecule has 0 fully saturated rings. The first kappa shape index (κ1) is 13.5. The van der Waals surface area contributed by atoms with Crippen molar-refractivity contribution in [2.45, 2.75) is 30.1 Å². The third-order valence-electron chi connectivity index (χ3n) is 3.11. The largest absolute Gasteiger partial charge is 0.436 e. The number of hydrogen-bond donors (Lipinski definition) is 2. The highest BCUT2D eigenvalue weighted by atomic mass is 35.5. The number of carbonyl (C=O) groups is 1. The fourth-order valence-electron chi connectivity index (χ4n) is 1.90. The van der Waals surface area contributed by atoms with Gasteiger partial charge in [0.25, 0.3) is 11.1 Å². The average molecular weight is 311 g/mol. The Hall–Kier alpha value is -1.50. The van der Waals surface area contributed by atoms with Crippen LogP contribution in [0.5, 0.6) is 0 Å². The maximum atomic E-state index is 11.4. The molecule has 0 saturated carbocycles. The summed E-state index contributed by atoms with van der Waals surface area (Å²) < 4.78 is 5.49. The SMILES string of the molecule is Cc1nc(Sc2cc3c(cc2Cl)C(O)C(=O)N3)oc1C. The van der Waals surface area contributed by atoms with Crippen molar-refractivity contribution in [3.63, 3.8) is 0 Å². The van der Waals surface area contributed by atoms with E-state index in [2.05, 4.69) is 10.3 Å². The van der Waals surface area contributed by atoms with E-state index in [4.69, 9.17) is 16.0 Å². The number of aliphatic hydroxyl groups excluding tert-OH is 1. The average Bonchev–Trinajstić information content (AvgIpc) is 2.83. The van der Waals surface area contributed by atoms with Crippen LogP contribution >= 0.6 is 23.4 Å². The van der Waals surface area contributed by atoms with E-state index in [9.17, 15) is 9.90 Å². The Kier molecular flexibility index (Phi) is 3.24. The molecule has 1 aromatic carbocycles. The molecule has 0 spiro atoms. The van der Waals surface area contributed by atoms with Crippen molar-refractivity contribution in [1.29, 1.82) is 0 Å². The van der Waals surface area contributed by atoms with Gasteiger partial charge in [0.15, 0.2) is 6.10 Å². The minimum Gasteiger partial charge on any atom is -0.436 e. The quantitative estimate of drug-likeness (QED) is 0.891. The van der Waals surface area contributed by atoms with E-state index in [0.717, 1.165) is 11.5 Å². The maximum absolute atomic E-state index is 11.4. The number of fused-ring (bicyclic) bond motifs is 1. The van der Waals surface area contributed by atoms with E-state index >= 15 is 0 Å². The van der Waals surface area contributed by atoms with Crippen LogP contribution in [0, 0.1) is 13.8 Å². The van der Waals surface area contributed by atoms with Crippen molar-refractivity contribution in [3.05, 3.63) is 34.2 Å². The number of rotatable bonds is 2. The van der Waals surface area contributed by atoms with Crippen LogP contribution in [0.1, 0.15) is 23.1 Å². The standard InChI is InChI=1S/C13H11ClN2O3S/c1-5-6(2)19-13(15-5)20-10-4-9-7(3-8(10)14)11(17)12(18)16-9/h3-4,11,17H,1-2H3,(H,16,18). The van der Waals surface area contributed by atoms with Gasteiger partial charge in [-0.3, -0.25) is 4.79 Å². The maximum Gasteiger partial charge on any atom is 0.261 e. The highest BCUT2D eigenvalue weighted by Crippen LogP contribution is 2.41. The molecule has 1 amide bonds. The van der Waals surface area contributed by atoms with Gasteiger partial charge in [-0.2, -0.15) is 0 Å². The molecule has 0 bridgehead atoms. The molecule has 1 aliphatic rings. The first-order valence-corrected chi connectivity index (χ1v) is 7.09. The van der Waals surface area contributed by atoms with Gasteiger partial charge in [-0.1, -0.05) is 11.6 Å². The molecule has 0 aliphatic carbocycles. The Morgan fingerprint density at radius 1 is 1.45 bits per heavy atom. The molecule has 0 radical (unpaired) electrons. The summed E-state index contributed by atoms with van der Waals surface area (Å²) >= 11 is 7.45. The van der Waals surface area contributed by atoms with Gasteiger partial charge in [-0.05, 0) is 37.7 Å². The highest BCUT2D eigenvalue weighted by Gasteiger charge is 2.29. The number of aryl methyl sites for hydroxylation is 2. The van der Waals surface area contributed by atoms with E-state index in [1.54, 1.807) is 12.1 Å². The van der Waals surface area contributed by atoms with Crippen molar-refractivity contribution in [2.75, 3.05) is 5.32 Å². The minimum absolute atomic E-state index is 0.442. The van der Waals surface area contributed by atoms with E-state index < -0.39 is 12.0 Å². The van der Waals surface area contributed by atoms with Gasteiger partial charge in [-0.25, -0.2) is 4.98 Å². The van der Waals surface area contributed by atoms with Crippen LogP contribution in [0.15, 0.2) is 26.7 Å². The number of amides is 1. The summed E-state index contributed by atoms with van der Waals surface area (Å²) in [6.45, 7) is 3.71. The number of anilines is 1. The summed E-state index contributed by atoms with van der Waals surface area (Å²) in [5.74, 6) is 0.314. The second-order valence-corrected chi connectivity index (χ2v) is 5.89. The Morgan fingerprint density at radius 2 is 2.20 bits per heavy atom. The van der Waals surface area contributed by atoms with Crippen LogP contribution in [-0.2, 0) is 4.79 Å². The Morgan fingerprint density at radius 3 is 2.85 bits per heavy atom. The number of hydrogen-bond acceptors (Lipinski definition) is 5. The van der Waals surface area contributed by atoms with Crippen molar-refractivity contribution < 1.29 is 14.3 Å². The zero-order chi connectivity index (χ0) is 14.4. The molecule has 3 rings (SSSR count). The second kappa shape index (κ2) is 4.80. The first-order chi connectivity index (χ1) is 9.45. The first-order valence-electron chi connectivity index (χ1n) is 5.90. The van der Waals surface area contributed by atoms with Crippen LogP contribution in [-0.4, -0.2) is 16.0 Å². The van der Waals surface area contributed by atoms with Gasteiger partial charge in [0, 0.05) is 16.1 Å². The summed E-state index contributed by atoms with van der Waals surface area (Å²) in [6.07, 6.45) is -1.16. The number of aromatic nitrogens is 1. The van der Waals surface area contributed by atoms with Gasteiger partial charge in [0.2, 0.25) is 0 Å². The summed E-state index contributed by atoms with van der Waals surface area (Å²) in [5.41, 5.74) is 1.88. The Bertz CT molecular complexity index is 694. The number of halogens is 1. The number of aliphatic hydroxyl groups is 1. The molecule has 0 saturated heterocycles. The van der Waals surface area contributed by atoms with Crippen LogP contribution in [0.4, 0.5) is 5.69 Å². The lowest BCUT2D eigenvalue weighted by Gasteiger charge is -2.06. The van der Waals surface area contributed by atoms with Gasteiger partial charge in [0.1, 0.15) is 5.76 Å². The van der Waals surface area contributed by atoms with E-state index in [0.29, 0.717) is 26.4 Å². The van der Waals surface area contributed by atoms with Crippen molar-refractivity contribution >= 4 is 35.0 Å².